The Morgan fingerprint density at radius 2 is 1.77 bits per heavy atom. The first-order valence-electron chi connectivity index (χ1n) is 23.6. The number of phosphoric acid groups is 3. The summed E-state index contributed by atoms with van der Waals surface area (Å²) in [5.74, 6) is 6.34. The lowest BCUT2D eigenvalue weighted by Gasteiger charge is -2.21. The van der Waals surface area contributed by atoms with Gasteiger partial charge in [0.2, 0.25) is 0 Å². The van der Waals surface area contributed by atoms with Gasteiger partial charge in [0.1, 0.15) is 35.2 Å². The van der Waals surface area contributed by atoms with Crippen LogP contribution in [-0.4, -0.2) is 115 Å². The third-order valence-corrected chi connectivity index (χ3v) is 19.1. The fraction of sp³-hybridized carbons (Fsp3) is 0.370. The molecule has 2 aromatic carbocycles. The van der Waals surface area contributed by atoms with E-state index in [1.807, 2.05) is 6.92 Å². The molecule has 3 heterocycles. The van der Waals surface area contributed by atoms with Gasteiger partial charge in [-0.2, -0.15) is 8.62 Å². The van der Waals surface area contributed by atoms with Crippen molar-refractivity contribution in [1.82, 2.24) is 25.5 Å². The molecule has 0 radical (unpaired) electrons. The smallest absolute Gasteiger partial charge is 0.478 e. The quantitative estimate of drug-likeness (QED) is 0.00548. The number of nitrogens with one attached hydrogen (secondary N) is 5. The zero-order chi connectivity index (χ0) is 57.5. The number of nitrogens with two attached hydrogens (primary N) is 1. The molecule has 0 spiro atoms. The maximum Gasteiger partial charge on any atom is 0.490 e. The number of benzene rings is 3. The lowest BCUT2D eigenvalue weighted by molar-refractivity contribution is -0.0545. The molecule has 0 bridgehead atoms. The van der Waals surface area contributed by atoms with Crippen LogP contribution in [0.1, 0.15) is 60.3 Å². The third-order valence-electron chi connectivity index (χ3n) is 11.2. The number of aromatic carboxylic acids is 1. The monoisotopic (exact) mass is 1230 g/mol. The number of urea groups is 1. The lowest BCUT2D eigenvalue weighted by Crippen LogP contribution is -2.36. The topological polar surface area (TPSA) is 396 Å². The Bertz CT molecular complexity index is 3420. The Labute approximate surface area is 465 Å². The Morgan fingerprint density at radius 1 is 0.987 bits per heavy atom. The molecule has 1 fully saturated rings. The molecule has 6 atom stereocenters. The molecular weight excluding hydrogens is 1180 g/mol. The van der Waals surface area contributed by atoms with E-state index in [4.69, 9.17) is 55.3 Å². The number of ether oxygens (including phenoxy) is 3. The second-order valence-electron chi connectivity index (χ2n) is 16.9. The molecule has 3 unspecified atom stereocenters. The standard InChI is InChI=1S/C46H56N7O19P3S4/c1-3-79(76)27-67-39-23-41(70-40(39)25-68-74(62,63)72-75(64,65)71-73(59,60)61)53-24-30(43(54)52-46(53)58)8-7-16-51-45(57)50-15-5-4-6-18-66-26-78-77-19-17-49-28(2)29-9-12-33(44(55)56)36(20-29)42-34-13-10-31(47)21-37(34)69-38-22-32(48)11-14-35(38)42/h9-14,20-22,24,39-41,47,49H,2-6,15-19,23,25-27,48H2,1H3,(H,55,56)(H,62,63)(H,64,65)(H2,50,51,57)(H,52,54,58)(H2,59,60,61)/t39-,40-,41-,79?/m1/s1. The van der Waals surface area contributed by atoms with Crippen molar-refractivity contribution in [2.75, 3.05) is 62.0 Å². The molecule has 79 heavy (non-hydrogen) atoms. The summed E-state index contributed by atoms with van der Waals surface area (Å²) < 4.78 is 71.9. The van der Waals surface area contributed by atoms with E-state index >= 15 is 0 Å². The van der Waals surface area contributed by atoms with Crippen molar-refractivity contribution in [1.29, 1.82) is 5.41 Å². The molecule has 1 saturated heterocycles. The van der Waals surface area contributed by atoms with Crippen molar-refractivity contribution in [2.24, 2.45) is 0 Å². The van der Waals surface area contributed by atoms with Gasteiger partial charge in [-0.1, -0.05) is 62.5 Å². The number of H-pyrrole nitrogens is 1. The van der Waals surface area contributed by atoms with E-state index < -0.39 is 81.2 Å². The molecule has 2 amide bonds. The molecule has 33 heteroatoms. The summed E-state index contributed by atoms with van der Waals surface area (Å²) in [5.41, 5.74) is 8.22. The summed E-state index contributed by atoms with van der Waals surface area (Å²) in [4.78, 5) is 89.5. The first-order chi connectivity index (χ1) is 37.4. The predicted molar refractivity (Wildman–Crippen MR) is 300 cm³/mol. The normalized spacial score (nSPS) is 17.3. The van der Waals surface area contributed by atoms with Gasteiger partial charge in [-0.3, -0.25) is 18.9 Å². The van der Waals surface area contributed by atoms with Crippen LogP contribution in [0.25, 0.3) is 39.1 Å². The fourth-order valence-electron chi connectivity index (χ4n) is 7.59. The number of hydrogen-bond acceptors (Lipinski definition) is 20. The van der Waals surface area contributed by atoms with Gasteiger partial charge in [0.15, 0.2) is 0 Å². The molecule has 6 rings (SSSR count). The van der Waals surface area contributed by atoms with Crippen LogP contribution >= 0.6 is 45.1 Å². The first-order valence-corrected chi connectivity index (χ1v) is 33.1. The molecule has 2 aliphatic heterocycles. The van der Waals surface area contributed by atoms with E-state index in [0.717, 1.165) is 29.4 Å². The third kappa shape index (κ3) is 19.3. The minimum Gasteiger partial charge on any atom is -0.478 e. The maximum atomic E-state index is 12.9. The summed E-state index contributed by atoms with van der Waals surface area (Å²) in [6.45, 7) is 6.46. The number of carboxylic acid groups (broad SMARTS) is 1. The van der Waals surface area contributed by atoms with Crippen LogP contribution in [0, 0.1) is 17.3 Å². The second kappa shape index (κ2) is 29.1. The van der Waals surface area contributed by atoms with Crippen LogP contribution in [0.2, 0.25) is 0 Å². The Kier molecular flexibility index (Phi) is 23.3. The minimum atomic E-state index is -5.80. The number of carbonyl (C=O) groups is 2. The Hall–Kier alpha value is -4.99. The van der Waals surface area contributed by atoms with Crippen LogP contribution in [0.4, 0.5) is 10.5 Å². The minimum absolute atomic E-state index is 0.0339. The van der Waals surface area contributed by atoms with Crippen molar-refractivity contribution >= 4 is 100 Å². The van der Waals surface area contributed by atoms with E-state index in [0.29, 0.717) is 88.2 Å². The van der Waals surface area contributed by atoms with Crippen molar-refractivity contribution in [2.45, 2.75) is 51.0 Å². The van der Waals surface area contributed by atoms with Crippen molar-refractivity contribution in [3.05, 3.63) is 110 Å². The van der Waals surface area contributed by atoms with E-state index in [9.17, 15) is 47.8 Å². The summed E-state index contributed by atoms with van der Waals surface area (Å²) >= 11 is 5.31. The average molecular weight is 1230 g/mol. The van der Waals surface area contributed by atoms with Crippen LogP contribution in [0.3, 0.4) is 0 Å². The van der Waals surface area contributed by atoms with Gasteiger partial charge in [0.05, 0.1) is 36.1 Å². The molecular formula is C46H56N7O19P3S4. The molecule has 12 N–H and O–H groups in total. The highest BCUT2D eigenvalue weighted by Gasteiger charge is 2.44. The average Bonchev–Trinajstić information content (AvgIpc) is 3.86. The number of carboxylic acids is 1. The number of nitrogens with zero attached hydrogens (tertiary/aromatic N) is 1. The summed E-state index contributed by atoms with van der Waals surface area (Å²) in [6, 6.07) is 14.7. The summed E-state index contributed by atoms with van der Waals surface area (Å²) in [6.07, 6.45) is -0.160. The molecule has 3 aromatic rings. The van der Waals surface area contributed by atoms with E-state index in [2.05, 4.69) is 48.0 Å². The lowest BCUT2D eigenvalue weighted by atomic mass is 9.89. The molecule has 1 aromatic heterocycles. The van der Waals surface area contributed by atoms with Crippen molar-refractivity contribution < 1.29 is 79.7 Å². The summed E-state index contributed by atoms with van der Waals surface area (Å²) in [5, 5.41) is 27.8. The SMILES string of the molecule is C=C(NCCSSCOCCCCCNC(=O)NCC#Cc1cn([C@H]2C[C@@H](OCS(=S)CC)[C@@H](COP(=O)(O)OP(=O)(O)OP(=O)(O)O)O2)c(=O)[nH]c1=O)c1ccc(C(=O)O)c(-c2c3ccc(=N)cc-3oc3cc(N)ccc23)c1. The number of rotatable bonds is 29. The van der Waals surface area contributed by atoms with Crippen LogP contribution in [0.15, 0.2) is 81.4 Å². The Balaban J connectivity index is 0.871. The number of fused-ring (bicyclic) bond motifs is 2. The number of carbonyl (C=O) groups excluding carboxylic acids is 1. The number of unbranched alkanes of at least 4 members (excludes halogenated alkanes) is 2. The number of nitrogen functional groups attached to an aromatic ring is 1. The fourth-order valence-corrected chi connectivity index (χ4v) is 12.8. The van der Waals surface area contributed by atoms with Crippen molar-refractivity contribution in [3.63, 3.8) is 0 Å². The van der Waals surface area contributed by atoms with Gasteiger partial charge in [-0.15, -0.1) is 0 Å². The Morgan fingerprint density at radius 3 is 2.52 bits per heavy atom. The second-order valence-corrected chi connectivity index (χ2v) is 26.9. The van der Waals surface area contributed by atoms with Gasteiger partial charge in [0, 0.05) is 78.1 Å². The van der Waals surface area contributed by atoms with Gasteiger partial charge in [-0.05, 0) is 83.7 Å². The first kappa shape index (κ1) is 63.2. The van der Waals surface area contributed by atoms with E-state index in [-0.39, 0.29) is 35.4 Å². The zero-order valence-electron chi connectivity index (χ0n) is 41.9. The molecule has 1 aliphatic carbocycles. The highest BCUT2D eigenvalue weighted by Crippen LogP contribution is 2.66. The van der Waals surface area contributed by atoms with Crippen LogP contribution in [-0.2, 0) is 61.7 Å². The molecule has 3 aliphatic rings. The number of aromatic amines is 1. The molecule has 26 nitrogen and oxygen atoms in total. The molecule has 0 saturated carbocycles. The number of phosphoric ester groups is 1. The highest BCUT2D eigenvalue weighted by molar-refractivity contribution is 8.76. The van der Waals surface area contributed by atoms with Gasteiger partial charge < -0.3 is 70.4 Å². The predicted octanol–water partition coefficient (Wildman–Crippen LogP) is 5.33. The number of amides is 2. The molecule has 428 valence electrons. The van der Waals surface area contributed by atoms with Crippen LogP contribution in [0.5, 0.6) is 0 Å². The van der Waals surface area contributed by atoms with Gasteiger partial charge >= 0.3 is 41.2 Å². The van der Waals surface area contributed by atoms with E-state index in [1.54, 1.807) is 76.2 Å². The van der Waals surface area contributed by atoms with Crippen molar-refractivity contribution in [3.8, 4) is 34.3 Å². The number of hydrogen-bond donors (Lipinski definition) is 11. The largest absolute Gasteiger partial charge is 0.490 e. The van der Waals surface area contributed by atoms with Gasteiger partial charge in [-0.25, -0.2) is 28.1 Å². The zero-order valence-corrected chi connectivity index (χ0v) is 47.8. The number of anilines is 1. The summed E-state index contributed by atoms with van der Waals surface area (Å²) in [7, 11) is -14.4. The van der Waals surface area contributed by atoms with E-state index in [1.165, 1.54) is 0 Å². The number of aromatic nitrogens is 2. The maximum absolute atomic E-state index is 12.9. The van der Waals surface area contributed by atoms with Crippen LogP contribution < -0.4 is 38.3 Å². The highest BCUT2D eigenvalue weighted by atomic mass is 33.1. The van der Waals surface area contributed by atoms with Gasteiger partial charge in [0.25, 0.3) is 5.56 Å².